The lowest BCUT2D eigenvalue weighted by molar-refractivity contribution is -0.140. The van der Waals surface area contributed by atoms with Gasteiger partial charge in [0, 0.05) is 24.8 Å². The van der Waals surface area contributed by atoms with Gasteiger partial charge in [0.25, 0.3) is 5.91 Å². The second-order valence-corrected chi connectivity index (χ2v) is 9.30. The molecule has 2 aliphatic heterocycles. The largest absolute Gasteiger partial charge is 0.457 e. The monoisotopic (exact) mass is 501 g/mol. The third kappa shape index (κ3) is 3.47. The maximum absolute atomic E-state index is 13.6. The molecule has 4 aromatic rings. The summed E-state index contributed by atoms with van der Waals surface area (Å²) in [4.78, 5) is 47.1. The number of nitrogens with zero attached hydrogens (tertiary/aromatic N) is 2. The standard InChI is InChI=1S/C26H20ClN5O4/c1-14(33)32-12-26(13-32)25(35)30-20-11-29-24-21(22(20)31-26)18(10-28-24)23(34)17-8-7-16(9-19(17)27)36-15-5-3-2-4-6-15/h2-11,31H,12-13H2,1H3,(H,28,29)(H,30,35). The number of ketones is 1. The molecule has 0 aliphatic carbocycles. The zero-order chi connectivity index (χ0) is 25.0. The molecule has 2 aliphatic rings. The molecular formula is C26H20ClN5O4. The fraction of sp³-hybridized carbons (Fsp3) is 0.154. The Bertz CT molecular complexity index is 1560. The van der Waals surface area contributed by atoms with E-state index >= 15 is 0 Å². The van der Waals surface area contributed by atoms with E-state index in [1.54, 1.807) is 29.3 Å². The second kappa shape index (κ2) is 8.10. The molecule has 0 radical (unpaired) electrons. The Morgan fingerprint density at radius 1 is 1.08 bits per heavy atom. The van der Waals surface area contributed by atoms with Gasteiger partial charge in [0.05, 0.1) is 46.6 Å². The number of carbonyl (C=O) groups is 3. The molecule has 6 rings (SSSR count). The highest BCUT2D eigenvalue weighted by atomic mass is 35.5. The number of pyridine rings is 1. The van der Waals surface area contributed by atoms with Crippen LogP contribution in [-0.4, -0.2) is 51.1 Å². The van der Waals surface area contributed by atoms with Crippen molar-refractivity contribution in [3.63, 3.8) is 0 Å². The minimum atomic E-state index is -0.960. The molecule has 180 valence electrons. The van der Waals surface area contributed by atoms with Crippen molar-refractivity contribution in [2.24, 2.45) is 0 Å². The first kappa shape index (κ1) is 22.1. The number of halogens is 1. The van der Waals surface area contributed by atoms with E-state index in [1.165, 1.54) is 13.1 Å². The lowest BCUT2D eigenvalue weighted by atomic mass is 9.85. The lowest BCUT2D eigenvalue weighted by Gasteiger charge is -2.51. The van der Waals surface area contributed by atoms with Gasteiger partial charge in [-0.3, -0.25) is 14.4 Å². The molecule has 36 heavy (non-hydrogen) atoms. The predicted molar refractivity (Wildman–Crippen MR) is 135 cm³/mol. The molecule has 1 saturated heterocycles. The van der Waals surface area contributed by atoms with Crippen molar-refractivity contribution < 1.29 is 19.1 Å². The number of anilines is 2. The van der Waals surface area contributed by atoms with Gasteiger partial charge in [-0.25, -0.2) is 4.98 Å². The van der Waals surface area contributed by atoms with Crippen LogP contribution in [0.1, 0.15) is 22.8 Å². The number of para-hydroxylation sites is 1. The van der Waals surface area contributed by atoms with E-state index in [9.17, 15) is 14.4 Å². The Balaban J connectivity index is 1.35. The molecule has 9 nitrogen and oxygen atoms in total. The average Bonchev–Trinajstić information content (AvgIpc) is 3.27. The van der Waals surface area contributed by atoms with E-state index in [0.717, 1.165) is 0 Å². The number of benzene rings is 2. The van der Waals surface area contributed by atoms with Crippen LogP contribution in [0.2, 0.25) is 5.02 Å². The minimum absolute atomic E-state index is 0.104. The molecule has 2 amide bonds. The summed E-state index contributed by atoms with van der Waals surface area (Å²) in [5.74, 6) is 0.511. The summed E-state index contributed by atoms with van der Waals surface area (Å²) in [6, 6.07) is 14.2. The summed E-state index contributed by atoms with van der Waals surface area (Å²) >= 11 is 6.51. The van der Waals surface area contributed by atoms with Crippen LogP contribution in [0, 0.1) is 0 Å². The summed E-state index contributed by atoms with van der Waals surface area (Å²) in [6.45, 7) is 1.94. The minimum Gasteiger partial charge on any atom is -0.457 e. The third-order valence-corrected chi connectivity index (χ3v) is 6.84. The highest BCUT2D eigenvalue weighted by molar-refractivity contribution is 6.36. The summed E-state index contributed by atoms with van der Waals surface area (Å²) < 4.78 is 5.82. The molecule has 1 fully saturated rings. The molecule has 10 heteroatoms. The van der Waals surface area contributed by atoms with Crippen LogP contribution in [-0.2, 0) is 9.59 Å². The Hall–Kier alpha value is -4.37. The van der Waals surface area contributed by atoms with Gasteiger partial charge in [-0.1, -0.05) is 29.8 Å². The quantitative estimate of drug-likeness (QED) is 0.361. The number of ether oxygens (including phenoxy) is 1. The van der Waals surface area contributed by atoms with Crippen molar-refractivity contribution in [2.75, 3.05) is 23.7 Å². The summed E-state index contributed by atoms with van der Waals surface area (Å²) in [6.07, 6.45) is 3.11. The van der Waals surface area contributed by atoms with Gasteiger partial charge in [-0.05, 0) is 24.3 Å². The Morgan fingerprint density at radius 3 is 2.58 bits per heavy atom. The van der Waals surface area contributed by atoms with Crippen molar-refractivity contribution in [3.05, 3.63) is 77.1 Å². The van der Waals surface area contributed by atoms with E-state index in [1.807, 2.05) is 30.3 Å². The van der Waals surface area contributed by atoms with Gasteiger partial charge in [0.15, 0.2) is 11.3 Å². The fourth-order valence-electron chi connectivity index (χ4n) is 4.60. The number of hydrogen-bond acceptors (Lipinski definition) is 6. The molecule has 2 aromatic carbocycles. The van der Waals surface area contributed by atoms with Crippen molar-refractivity contribution in [1.29, 1.82) is 0 Å². The highest BCUT2D eigenvalue weighted by Crippen LogP contribution is 2.41. The van der Waals surface area contributed by atoms with Crippen LogP contribution in [0.5, 0.6) is 11.5 Å². The van der Waals surface area contributed by atoms with E-state index in [-0.39, 0.29) is 35.7 Å². The predicted octanol–water partition coefficient (Wildman–Crippen LogP) is 4.20. The van der Waals surface area contributed by atoms with E-state index in [2.05, 4.69) is 20.6 Å². The molecular weight excluding hydrogens is 482 g/mol. The van der Waals surface area contributed by atoms with Crippen LogP contribution < -0.4 is 15.4 Å². The van der Waals surface area contributed by atoms with Crippen molar-refractivity contribution >= 4 is 51.6 Å². The van der Waals surface area contributed by atoms with Gasteiger partial charge in [0.1, 0.15) is 17.1 Å². The number of fused-ring (bicyclic) bond motifs is 3. The first-order valence-electron chi connectivity index (χ1n) is 11.3. The van der Waals surface area contributed by atoms with Gasteiger partial charge in [-0.15, -0.1) is 0 Å². The first-order chi connectivity index (χ1) is 17.3. The van der Waals surface area contributed by atoms with Gasteiger partial charge in [-0.2, -0.15) is 0 Å². The zero-order valence-corrected chi connectivity index (χ0v) is 19.8. The Kier molecular flexibility index (Phi) is 4.97. The molecule has 0 bridgehead atoms. The molecule has 3 N–H and O–H groups in total. The molecule has 0 saturated carbocycles. The summed E-state index contributed by atoms with van der Waals surface area (Å²) in [7, 11) is 0. The Labute approximate surface area is 210 Å². The fourth-order valence-corrected chi connectivity index (χ4v) is 4.86. The van der Waals surface area contributed by atoms with Crippen LogP contribution in [0.3, 0.4) is 0 Å². The van der Waals surface area contributed by atoms with Crippen LogP contribution in [0.4, 0.5) is 11.4 Å². The molecule has 1 spiro atoms. The number of likely N-dealkylation sites (tertiary alicyclic amines) is 1. The second-order valence-electron chi connectivity index (χ2n) is 8.90. The normalized spacial score (nSPS) is 15.6. The van der Waals surface area contributed by atoms with Gasteiger partial charge < -0.3 is 25.3 Å². The number of carbonyl (C=O) groups excluding carboxylic acids is 3. The van der Waals surface area contributed by atoms with Crippen molar-refractivity contribution in [2.45, 2.75) is 12.5 Å². The van der Waals surface area contributed by atoms with Crippen molar-refractivity contribution in [3.8, 4) is 11.5 Å². The molecule has 2 aromatic heterocycles. The number of nitrogens with one attached hydrogen (secondary N) is 3. The average molecular weight is 502 g/mol. The molecule has 4 heterocycles. The molecule has 0 atom stereocenters. The molecule has 0 unspecified atom stereocenters. The third-order valence-electron chi connectivity index (χ3n) is 6.52. The highest BCUT2D eigenvalue weighted by Gasteiger charge is 2.53. The SMILES string of the molecule is CC(=O)N1CC2(C1)Nc1c(cnc3[nH]cc(C(=O)c4ccc(Oc5ccccc5)cc4Cl)c13)NC2=O. The maximum Gasteiger partial charge on any atom is 0.253 e. The Morgan fingerprint density at radius 2 is 1.86 bits per heavy atom. The summed E-state index contributed by atoms with van der Waals surface area (Å²) in [5, 5.41) is 6.96. The number of rotatable bonds is 4. The number of H-pyrrole nitrogens is 1. The van der Waals surface area contributed by atoms with E-state index < -0.39 is 5.54 Å². The van der Waals surface area contributed by atoms with Crippen LogP contribution in [0.25, 0.3) is 11.0 Å². The van der Waals surface area contributed by atoms with Crippen LogP contribution >= 0.6 is 11.6 Å². The number of aromatic nitrogens is 2. The van der Waals surface area contributed by atoms with Crippen molar-refractivity contribution in [1.82, 2.24) is 14.9 Å². The number of aromatic amines is 1. The summed E-state index contributed by atoms with van der Waals surface area (Å²) in [5.41, 5.74) is 1.22. The maximum atomic E-state index is 13.6. The van der Waals surface area contributed by atoms with E-state index in [4.69, 9.17) is 16.3 Å². The van der Waals surface area contributed by atoms with Gasteiger partial charge >= 0.3 is 0 Å². The zero-order valence-electron chi connectivity index (χ0n) is 19.1. The van der Waals surface area contributed by atoms with Gasteiger partial charge in [0.2, 0.25) is 5.91 Å². The van der Waals surface area contributed by atoms with E-state index in [0.29, 0.717) is 45.0 Å². The number of amides is 2. The first-order valence-corrected chi connectivity index (χ1v) is 11.6. The lowest BCUT2D eigenvalue weighted by Crippen LogP contribution is -2.73. The smallest absolute Gasteiger partial charge is 0.253 e. The van der Waals surface area contributed by atoms with Crippen LogP contribution in [0.15, 0.2) is 60.9 Å². The number of hydrogen-bond donors (Lipinski definition) is 3. The topological polar surface area (TPSA) is 116 Å².